The quantitative estimate of drug-likeness (QED) is 0.314. The van der Waals surface area contributed by atoms with Crippen LogP contribution in [0.3, 0.4) is 0 Å². The van der Waals surface area contributed by atoms with Gasteiger partial charge in [-0.25, -0.2) is 4.98 Å². The highest BCUT2D eigenvalue weighted by atomic mass is 32.2. The number of benzene rings is 2. The summed E-state index contributed by atoms with van der Waals surface area (Å²) in [6.07, 6.45) is 2.15. The summed E-state index contributed by atoms with van der Waals surface area (Å²) in [6.45, 7) is 4.05. The van der Waals surface area contributed by atoms with Gasteiger partial charge in [-0.3, -0.25) is 14.5 Å². The van der Waals surface area contributed by atoms with E-state index < -0.39 is 5.54 Å². The number of nitrogens with zero attached hydrogens (tertiary/aromatic N) is 2. The molecule has 6 rings (SSSR count). The Kier molecular flexibility index (Phi) is 4.59. The van der Waals surface area contributed by atoms with Crippen LogP contribution in [0.15, 0.2) is 58.6 Å². The number of H-pyrrole nitrogens is 1. The highest BCUT2D eigenvalue weighted by Gasteiger charge is 2.47. The van der Waals surface area contributed by atoms with Gasteiger partial charge in [0.25, 0.3) is 11.8 Å². The third-order valence-electron chi connectivity index (χ3n) is 5.97. The van der Waals surface area contributed by atoms with E-state index in [1.165, 1.54) is 0 Å². The summed E-state index contributed by atoms with van der Waals surface area (Å²) in [5.41, 5.74) is 5.63. The van der Waals surface area contributed by atoms with Gasteiger partial charge in [0.2, 0.25) is 0 Å². The molecule has 6 nitrogen and oxygen atoms in total. The van der Waals surface area contributed by atoms with Crippen molar-refractivity contribution in [3.63, 3.8) is 0 Å². The molecule has 0 bridgehead atoms. The molecule has 1 fully saturated rings. The molecule has 0 spiro atoms. The highest BCUT2D eigenvalue weighted by Crippen LogP contribution is 2.51. The van der Waals surface area contributed by atoms with Gasteiger partial charge < -0.3 is 10.3 Å². The van der Waals surface area contributed by atoms with Gasteiger partial charge in [0, 0.05) is 16.9 Å². The van der Waals surface area contributed by atoms with Crippen molar-refractivity contribution in [2.75, 3.05) is 10.7 Å². The summed E-state index contributed by atoms with van der Waals surface area (Å²) in [6, 6.07) is 13.9. The number of thiocarbonyl (C=S) groups is 1. The fraction of sp³-hybridized carbons (Fsp3) is 0.167. The van der Waals surface area contributed by atoms with Crippen LogP contribution in [0.25, 0.3) is 22.2 Å². The van der Waals surface area contributed by atoms with Gasteiger partial charge >= 0.3 is 0 Å². The Labute approximate surface area is 203 Å². The molecule has 0 radical (unpaired) electrons. The molecule has 0 aliphatic carbocycles. The van der Waals surface area contributed by atoms with Crippen LogP contribution in [0.2, 0.25) is 0 Å². The molecule has 9 heteroatoms. The second-order valence-corrected chi connectivity index (χ2v) is 11.2. The lowest BCUT2D eigenvalue weighted by Crippen LogP contribution is -2.46. The van der Waals surface area contributed by atoms with E-state index in [0.717, 1.165) is 50.3 Å². The number of imidazole rings is 1. The summed E-state index contributed by atoms with van der Waals surface area (Å²) in [7, 11) is 0. The molecule has 1 aromatic heterocycles. The first-order chi connectivity index (χ1) is 15.8. The van der Waals surface area contributed by atoms with Crippen molar-refractivity contribution in [3.05, 3.63) is 64.6 Å². The molecule has 0 unspecified atom stereocenters. The molecule has 3 aromatic rings. The SMILES string of the molecule is CC1(C)C=C(CSc2nc3ccccc3[nH]2)c2cccc3c2N1C(=O)/C3=C1\SC(=S)NC1=O. The predicted octanol–water partition coefficient (Wildman–Crippen LogP) is 4.74. The largest absolute Gasteiger partial charge is 0.333 e. The molecule has 2 N–H and O–H groups in total. The molecule has 33 heavy (non-hydrogen) atoms. The van der Waals surface area contributed by atoms with Crippen LogP contribution in [-0.2, 0) is 9.59 Å². The summed E-state index contributed by atoms with van der Waals surface area (Å²) < 4.78 is 0.377. The number of amides is 2. The minimum Gasteiger partial charge on any atom is -0.333 e. The number of para-hydroxylation sites is 3. The lowest BCUT2D eigenvalue weighted by Gasteiger charge is -2.39. The average molecular weight is 491 g/mol. The van der Waals surface area contributed by atoms with Gasteiger partial charge in [-0.15, -0.1) is 0 Å². The van der Waals surface area contributed by atoms with Crippen LogP contribution in [0, 0.1) is 0 Å². The van der Waals surface area contributed by atoms with Crippen molar-refractivity contribution in [2.45, 2.75) is 24.5 Å². The fourth-order valence-corrected chi connectivity index (χ4v) is 6.64. The smallest absolute Gasteiger partial charge is 0.264 e. The summed E-state index contributed by atoms with van der Waals surface area (Å²) in [5, 5.41) is 3.49. The number of anilines is 1. The first-order valence-corrected chi connectivity index (χ1v) is 12.6. The Morgan fingerprint density at radius 3 is 2.67 bits per heavy atom. The monoisotopic (exact) mass is 490 g/mol. The molecule has 4 heterocycles. The first kappa shape index (κ1) is 20.7. The van der Waals surface area contributed by atoms with Crippen molar-refractivity contribution < 1.29 is 9.59 Å². The minimum absolute atomic E-state index is 0.162. The van der Waals surface area contributed by atoms with Crippen LogP contribution in [0.5, 0.6) is 0 Å². The molecule has 3 aliphatic rings. The van der Waals surface area contributed by atoms with Gasteiger partial charge in [-0.2, -0.15) is 0 Å². The molecule has 0 atom stereocenters. The standard InChI is InChI=1S/C24H18N4O2S3/c1-24(2)10-12(11-32-22-25-15-8-3-4-9-16(15)26-22)13-6-5-7-14-17(21(30)28(24)18(13)14)19-20(29)27-23(31)33-19/h3-10H,11H2,1-2H3,(H,25,26)(H,27,29,31)/b19-17-. The third-order valence-corrected chi connectivity index (χ3v) is 8.13. The number of fused-ring (bicyclic) bond motifs is 1. The van der Waals surface area contributed by atoms with Gasteiger partial charge in [0.1, 0.15) is 4.32 Å². The van der Waals surface area contributed by atoms with Crippen molar-refractivity contribution in [1.29, 1.82) is 0 Å². The molecule has 3 aliphatic heterocycles. The van der Waals surface area contributed by atoms with E-state index in [9.17, 15) is 9.59 Å². The van der Waals surface area contributed by atoms with E-state index in [1.54, 1.807) is 11.8 Å². The van der Waals surface area contributed by atoms with Crippen LogP contribution in [-0.4, -0.2) is 37.4 Å². The second kappa shape index (κ2) is 7.31. The molecular weight excluding hydrogens is 472 g/mol. The van der Waals surface area contributed by atoms with E-state index in [0.29, 0.717) is 20.6 Å². The first-order valence-electron chi connectivity index (χ1n) is 10.4. The Hall–Kier alpha value is -2.88. The van der Waals surface area contributed by atoms with Gasteiger partial charge in [-0.05, 0) is 31.6 Å². The van der Waals surface area contributed by atoms with Gasteiger partial charge in [0.15, 0.2) is 5.16 Å². The van der Waals surface area contributed by atoms with E-state index in [-0.39, 0.29) is 11.8 Å². The Morgan fingerprint density at radius 1 is 1.12 bits per heavy atom. The minimum atomic E-state index is -0.549. The normalized spacial score (nSPS) is 21.0. The fourth-order valence-electron chi connectivity index (χ4n) is 4.65. The molecule has 2 amide bonds. The topological polar surface area (TPSA) is 78.1 Å². The molecular formula is C24H18N4O2S3. The number of hydrogen-bond acceptors (Lipinski definition) is 6. The second-order valence-electron chi connectivity index (χ2n) is 8.56. The van der Waals surface area contributed by atoms with Crippen LogP contribution in [0.4, 0.5) is 5.69 Å². The number of rotatable bonds is 3. The Bertz CT molecular complexity index is 1430. The van der Waals surface area contributed by atoms with E-state index >= 15 is 0 Å². The summed E-state index contributed by atoms with van der Waals surface area (Å²) in [4.78, 5) is 36.3. The number of thioether (sulfide) groups is 2. The molecule has 164 valence electrons. The number of carbonyl (C=O) groups excluding carboxylic acids is 2. The van der Waals surface area contributed by atoms with Crippen molar-refractivity contribution >= 4 is 79.7 Å². The predicted molar refractivity (Wildman–Crippen MR) is 138 cm³/mol. The third kappa shape index (κ3) is 3.18. The lowest BCUT2D eigenvalue weighted by molar-refractivity contribution is -0.116. The number of nitrogens with one attached hydrogen (secondary N) is 2. The maximum atomic E-state index is 13.6. The number of hydrogen-bond donors (Lipinski definition) is 2. The van der Waals surface area contributed by atoms with Gasteiger partial charge in [-0.1, -0.05) is 72.1 Å². The van der Waals surface area contributed by atoms with Gasteiger partial charge in [0.05, 0.1) is 32.7 Å². The zero-order valence-electron chi connectivity index (χ0n) is 17.8. The summed E-state index contributed by atoms with van der Waals surface area (Å²) in [5.74, 6) is 0.231. The van der Waals surface area contributed by atoms with Crippen LogP contribution in [0.1, 0.15) is 25.0 Å². The van der Waals surface area contributed by atoms with Crippen molar-refractivity contribution in [1.82, 2.24) is 15.3 Å². The van der Waals surface area contributed by atoms with E-state index in [1.807, 2.05) is 61.2 Å². The maximum Gasteiger partial charge on any atom is 0.264 e. The van der Waals surface area contributed by atoms with Crippen LogP contribution >= 0.6 is 35.7 Å². The summed E-state index contributed by atoms with van der Waals surface area (Å²) >= 11 is 7.95. The van der Waals surface area contributed by atoms with E-state index in [4.69, 9.17) is 12.2 Å². The maximum absolute atomic E-state index is 13.6. The molecule has 2 aromatic carbocycles. The Balaban J connectivity index is 1.42. The number of aromatic nitrogens is 2. The molecule has 1 saturated heterocycles. The lowest BCUT2D eigenvalue weighted by atomic mass is 9.89. The number of carbonyl (C=O) groups is 2. The zero-order chi connectivity index (χ0) is 22.9. The highest BCUT2D eigenvalue weighted by molar-refractivity contribution is 8.27. The van der Waals surface area contributed by atoms with Crippen molar-refractivity contribution in [3.8, 4) is 0 Å². The van der Waals surface area contributed by atoms with E-state index in [2.05, 4.69) is 21.4 Å². The zero-order valence-corrected chi connectivity index (χ0v) is 20.2. The Morgan fingerprint density at radius 2 is 1.91 bits per heavy atom. The van der Waals surface area contributed by atoms with Crippen LogP contribution < -0.4 is 10.2 Å². The average Bonchev–Trinajstić information content (AvgIpc) is 3.42. The molecule has 0 saturated carbocycles. The number of aromatic amines is 1. The van der Waals surface area contributed by atoms with Crippen molar-refractivity contribution in [2.24, 2.45) is 0 Å².